The zero-order valence-electron chi connectivity index (χ0n) is 10.5. The van der Waals surface area contributed by atoms with Crippen LogP contribution < -0.4 is 5.73 Å². The Morgan fingerprint density at radius 3 is 2.53 bits per heavy atom. The maximum Gasteiger partial charge on any atom is 0.131 e. The molecule has 0 unspecified atom stereocenters. The summed E-state index contributed by atoms with van der Waals surface area (Å²) in [7, 11) is 0. The van der Waals surface area contributed by atoms with E-state index in [0.717, 1.165) is 22.5 Å². The number of hydrogen-bond donors (Lipinski definition) is 1. The molecule has 1 heterocycles. The topological polar surface area (TPSA) is 43.8 Å². The summed E-state index contributed by atoms with van der Waals surface area (Å²) >= 11 is 6.22. The van der Waals surface area contributed by atoms with Crippen molar-refractivity contribution in [1.82, 2.24) is 9.55 Å². The average molecular weight is 272 g/mol. The highest BCUT2D eigenvalue weighted by atomic mass is 35.5. The highest BCUT2D eigenvalue weighted by Crippen LogP contribution is 2.28. The number of nitrogens with two attached hydrogens (primary N) is 1. The lowest BCUT2D eigenvalue weighted by molar-refractivity contribution is 0.727. The molecule has 1 aromatic heterocycles. The number of benzene rings is 2. The molecule has 0 spiro atoms. The molecule has 19 heavy (non-hydrogen) atoms. The fraction of sp³-hybridized carbons (Fsp3) is 0.133. The van der Waals surface area contributed by atoms with E-state index in [0.29, 0.717) is 5.02 Å². The van der Waals surface area contributed by atoms with Crippen molar-refractivity contribution in [2.75, 3.05) is 0 Å². The lowest BCUT2D eigenvalue weighted by Crippen LogP contribution is -2.12. The van der Waals surface area contributed by atoms with Gasteiger partial charge in [0.05, 0.1) is 16.6 Å². The van der Waals surface area contributed by atoms with Gasteiger partial charge in [-0.25, -0.2) is 4.98 Å². The maximum absolute atomic E-state index is 6.22. The van der Waals surface area contributed by atoms with E-state index in [1.54, 1.807) is 0 Å². The van der Waals surface area contributed by atoms with Gasteiger partial charge in [0.15, 0.2) is 0 Å². The summed E-state index contributed by atoms with van der Waals surface area (Å²) in [5, 5.41) is 0.647. The highest BCUT2D eigenvalue weighted by Gasteiger charge is 2.16. The number of rotatable bonds is 2. The summed E-state index contributed by atoms with van der Waals surface area (Å²) in [5.41, 5.74) is 8.85. The van der Waals surface area contributed by atoms with Crippen molar-refractivity contribution in [3.63, 3.8) is 0 Å². The van der Waals surface area contributed by atoms with Gasteiger partial charge >= 0.3 is 0 Å². The molecule has 0 aliphatic heterocycles. The van der Waals surface area contributed by atoms with E-state index in [-0.39, 0.29) is 6.04 Å². The normalized spacial score (nSPS) is 12.8. The molecule has 96 valence electrons. The molecular formula is C15H14ClN3. The van der Waals surface area contributed by atoms with E-state index in [1.165, 1.54) is 0 Å². The van der Waals surface area contributed by atoms with E-state index < -0.39 is 0 Å². The third-order valence-electron chi connectivity index (χ3n) is 3.08. The van der Waals surface area contributed by atoms with Crippen LogP contribution in [-0.4, -0.2) is 9.55 Å². The molecule has 0 aliphatic rings. The summed E-state index contributed by atoms with van der Waals surface area (Å²) < 4.78 is 2.06. The molecule has 3 aromatic rings. The monoisotopic (exact) mass is 271 g/mol. The van der Waals surface area contributed by atoms with Crippen molar-refractivity contribution in [3.8, 4) is 5.69 Å². The van der Waals surface area contributed by atoms with Gasteiger partial charge in [-0.2, -0.15) is 0 Å². The van der Waals surface area contributed by atoms with Crippen molar-refractivity contribution in [3.05, 3.63) is 59.4 Å². The molecule has 0 radical (unpaired) electrons. The first kappa shape index (κ1) is 12.2. The van der Waals surface area contributed by atoms with Crippen LogP contribution in [0.3, 0.4) is 0 Å². The number of fused-ring (bicyclic) bond motifs is 1. The van der Waals surface area contributed by atoms with Crippen LogP contribution in [0.4, 0.5) is 0 Å². The van der Waals surface area contributed by atoms with Crippen molar-refractivity contribution >= 4 is 22.6 Å². The van der Waals surface area contributed by atoms with Gasteiger partial charge in [0.2, 0.25) is 0 Å². The number of imidazole rings is 1. The van der Waals surface area contributed by atoms with Gasteiger partial charge in [-0.1, -0.05) is 35.9 Å². The number of aromatic nitrogens is 2. The van der Waals surface area contributed by atoms with Crippen LogP contribution in [0.1, 0.15) is 18.8 Å². The van der Waals surface area contributed by atoms with Gasteiger partial charge in [-0.05, 0) is 31.2 Å². The largest absolute Gasteiger partial charge is 0.322 e. The number of halogens is 1. The minimum Gasteiger partial charge on any atom is -0.322 e. The average Bonchev–Trinajstić information content (AvgIpc) is 2.81. The summed E-state index contributed by atoms with van der Waals surface area (Å²) in [4.78, 5) is 4.59. The Kier molecular flexibility index (Phi) is 3.01. The second kappa shape index (κ2) is 4.68. The number of nitrogens with zero attached hydrogens (tertiary/aromatic N) is 2. The SMILES string of the molecule is C[C@H](N)c1nc2c(Cl)cccc2n1-c1ccccc1. The second-order valence-corrected chi connectivity index (χ2v) is 4.94. The molecule has 3 rings (SSSR count). The number of hydrogen-bond acceptors (Lipinski definition) is 2. The molecular weight excluding hydrogens is 258 g/mol. The van der Waals surface area contributed by atoms with Crippen LogP contribution in [0.5, 0.6) is 0 Å². The minimum absolute atomic E-state index is 0.163. The molecule has 0 fully saturated rings. The molecule has 0 amide bonds. The molecule has 1 atom stereocenters. The molecule has 0 aliphatic carbocycles. The molecule has 3 nitrogen and oxygen atoms in total. The third-order valence-corrected chi connectivity index (χ3v) is 3.39. The van der Waals surface area contributed by atoms with E-state index in [9.17, 15) is 0 Å². The van der Waals surface area contributed by atoms with Gasteiger partial charge in [0, 0.05) is 5.69 Å². The number of para-hydroxylation sites is 2. The molecule has 0 saturated heterocycles. The van der Waals surface area contributed by atoms with Crippen molar-refractivity contribution in [2.24, 2.45) is 5.73 Å². The molecule has 2 aromatic carbocycles. The zero-order valence-corrected chi connectivity index (χ0v) is 11.3. The van der Waals surface area contributed by atoms with Crippen molar-refractivity contribution in [2.45, 2.75) is 13.0 Å². The van der Waals surface area contributed by atoms with Crippen molar-refractivity contribution < 1.29 is 0 Å². The Bertz CT molecular complexity index is 717. The van der Waals surface area contributed by atoms with Crippen molar-refractivity contribution in [1.29, 1.82) is 0 Å². The van der Waals surface area contributed by atoms with E-state index in [2.05, 4.69) is 9.55 Å². The summed E-state index contributed by atoms with van der Waals surface area (Å²) in [5.74, 6) is 0.814. The lowest BCUT2D eigenvalue weighted by atomic mass is 10.2. The van der Waals surface area contributed by atoms with Gasteiger partial charge in [0.1, 0.15) is 11.3 Å². The first-order valence-corrected chi connectivity index (χ1v) is 6.54. The van der Waals surface area contributed by atoms with Crippen LogP contribution >= 0.6 is 11.6 Å². The third kappa shape index (κ3) is 2.01. The predicted molar refractivity (Wildman–Crippen MR) is 78.7 cm³/mol. The Labute approximate surface area is 116 Å². The Balaban J connectivity index is 2.38. The first-order chi connectivity index (χ1) is 9.18. The lowest BCUT2D eigenvalue weighted by Gasteiger charge is -2.11. The quantitative estimate of drug-likeness (QED) is 0.772. The summed E-state index contributed by atoms with van der Waals surface area (Å²) in [6.07, 6.45) is 0. The summed E-state index contributed by atoms with van der Waals surface area (Å²) in [6, 6.07) is 15.7. The first-order valence-electron chi connectivity index (χ1n) is 6.16. The molecule has 0 bridgehead atoms. The smallest absolute Gasteiger partial charge is 0.131 e. The summed E-state index contributed by atoms with van der Waals surface area (Å²) in [6.45, 7) is 1.93. The van der Waals surface area contributed by atoms with Gasteiger partial charge in [-0.3, -0.25) is 4.57 Å². The zero-order chi connectivity index (χ0) is 13.4. The molecule has 0 saturated carbocycles. The van der Waals surface area contributed by atoms with Gasteiger partial charge < -0.3 is 5.73 Å². The van der Waals surface area contributed by atoms with Crippen LogP contribution in [0.15, 0.2) is 48.5 Å². The molecule has 2 N–H and O–H groups in total. The highest BCUT2D eigenvalue weighted by molar-refractivity contribution is 6.34. The second-order valence-electron chi connectivity index (χ2n) is 4.54. The van der Waals surface area contributed by atoms with E-state index in [4.69, 9.17) is 17.3 Å². The van der Waals surface area contributed by atoms with E-state index >= 15 is 0 Å². The fourth-order valence-electron chi connectivity index (χ4n) is 2.24. The Morgan fingerprint density at radius 2 is 1.84 bits per heavy atom. The Morgan fingerprint density at radius 1 is 1.11 bits per heavy atom. The Hall–Kier alpha value is -1.84. The van der Waals surface area contributed by atoms with E-state index in [1.807, 2.05) is 55.5 Å². The van der Waals surface area contributed by atoms with Crippen LogP contribution in [0.2, 0.25) is 5.02 Å². The standard InChI is InChI=1S/C15H14ClN3/c1-10(17)15-18-14-12(16)8-5-9-13(14)19(15)11-6-3-2-4-7-11/h2-10H,17H2,1H3/t10-/m0/s1. The van der Waals surface area contributed by atoms with Crippen LogP contribution in [-0.2, 0) is 0 Å². The van der Waals surface area contributed by atoms with Crippen LogP contribution in [0.25, 0.3) is 16.7 Å². The maximum atomic E-state index is 6.22. The fourth-order valence-corrected chi connectivity index (χ4v) is 2.45. The minimum atomic E-state index is -0.163. The van der Waals surface area contributed by atoms with Gasteiger partial charge in [-0.15, -0.1) is 0 Å². The van der Waals surface area contributed by atoms with Crippen LogP contribution in [0, 0.1) is 0 Å². The predicted octanol–water partition coefficient (Wildman–Crippen LogP) is 3.70. The van der Waals surface area contributed by atoms with Gasteiger partial charge in [0.25, 0.3) is 0 Å². The molecule has 4 heteroatoms.